The molecule has 2 saturated heterocycles. The number of aliphatic hydroxyl groups excluding tert-OH is 7. The number of esters is 2. The van der Waals surface area contributed by atoms with Crippen LogP contribution in [-0.4, -0.2) is 142 Å². The Kier molecular flexibility index (Phi) is 28.7. The molecule has 0 aromatic rings. The number of hydrogen-bond donors (Lipinski definition) is 7. The average molecular weight is 843 g/mol. The highest BCUT2D eigenvalue weighted by Gasteiger charge is 2.47. The molecule has 0 saturated carbocycles. The Hall–Kier alpha value is -2.54. The minimum Gasteiger partial charge on any atom is -0.462 e. The molecule has 2 aliphatic rings. The monoisotopic (exact) mass is 843 g/mol. The molecular formula is C44H74O15. The number of rotatable bonds is 31. The lowest BCUT2D eigenvalue weighted by Gasteiger charge is -2.42. The molecule has 2 aliphatic heterocycles. The summed E-state index contributed by atoms with van der Waals surface area (Å²) in [7, 11) is 0. The summed E-state index contributed by atoms with van der Waals surface area (Å²) in [5.74, 6) is -0.984. The Morgan fingerprint density at radius 1 is 0.559 bits per heavy atom. The van der Waals surface area contributed by atoms with E-state index in [4.69, 9.17) is 28.4 Å². The van der Waals surface area contributed by atoms with E-state index >= 15 is 0 Å². The molecule has 0 aromatic heterocycles. The van der Waals surface area contributed by atoms with E-state index in [1.165, 1.54) is 25.7 Å². The maximum atomic E-state index is 12.9. The number of hydrogen-bond acceptors (Lipinski definition) is 15. The highest BCUT2D eigenvalue weighted by molar-refractivity contribution is 5.70. The normalized spacial score (nSPS) is 28.3. The zero-order valence-electron chi connectivity index (χ0n) is 35.2. The molecule has 0 bridgehead atoms. The standard InChI is InChI=1S/C44H74O15/c1-3-5-7-9-11-13-14-15-16-17-18-19-21-23-25-27-36(47)57-32(29-54-35(46)26-24-22-20-12-10-8-6-4-2)30-55-43-42(53)40(51)38(49)34(59-43)31-56-44-41(52)39(50)37(48)33(28-45)58-44/h5,7,11,13,15-16,18-19,32-34,37-45,48-53H,3-4,6,8-10,12,14,17,20-31H2,1-2H3/b7-5-,13-11-,16-15-,19-18-. The van der Waals surface area contributed by atoms with Crippen LogP contribution in [0, 0.1) is 0 Å². The lowest BCUT2D eigenvalue weighted by molar-refractivity contribution is -0.332. The first-order chi connectivity index (χ1) is 28.5. The first-order valence-electron chi connectivity index (χ1n) is 21.7. The molecule has 15 heteroatoms. The molecule has 59 heavy (non-hydrogen) atoms. The lowest BCUT2D eigenvalue weighted by Crippen LogP contribution is -2.61. The summed E-state index contributed by atoms with van der Waals surface area (Å²) in [6.07, 6.45) is 14.7. The summed E-state index contributed by atoms with van der Waals surface area (Å²) in [6.45, 7) is 2.35. The lowest BCUT2D eigenvalue weighted by atomic mass is 9.98. The predicted molar refractivity (Wildman–Crippen MR) is 220 cm³/mol. The maximum absolute atomic E-state index is 12.9. The molecule has 0 aromatic carbocycles. The van der Waals surface area contributed by atoms with Crippen LogP contribution >= 0.6 is 0 Å². The van der Waals surface area contributed by atoms with Crippen LogP contribution in [0.3, 0.4) is 0 Å². The summed E-state index contributed by atoms with van der Waals surface area (Å²) in [5, 5.41) is 71.7. The van der Waals surface area contributed by atoms with Gasteiger partial charge in [0.25, 0.3) is 0 Å². The molecule has 2 rings (SSSR count). The van der Waals surface area contributed by atoms with Crippen LogP contribution in [0.15, 0.2) is 48.6 Å². The SMILES string of the molecule is CC/C=C\C/C=C\C/C=C\C/C=C\CCCCC(=O)OC(COC(=O)CCCCCCCCCC)COC1OC(COC2OC(CO)C(O)C(O)C2O)C(O)C(O)C1O. The third kappa shape index (κ3) is 21.7. The first-order valence-corrected chi connectivity index (χ1v) is 21.7. The molecule has 15 nitrogen and oxygen atoms in total. The molecule has 0 aliphatic carbocycles. The molecule has 11 unspecified atom stereocenters. The van der Waals surface area contributed by atoms with Crippen LogP contribution in [-0.2, 0) is 38.0 Å². The summed E-state index contributed by atoms with van der Waals surface area (Å²) in [5.41, 5.74) is 0. The van der Waals surface area contributed by atoms with Gasteiger partial charge < -0.3 is 64.2 Å². The van der Waals surface area contributed by atoms with Gasteiger partial charge in [0.05, 0.1) is 19.8 Å². The molecule has 11 atom stereocenters. The second-order valence-corrected chi connectivity index (χ2v) is 15.1. The number of allylic oxidation sites excluding steroid dienone is 8. The molecule has 0 spiro atoms. The second-order valence-electron chi connectivity index (χ2n) is 15.1. The van der Waals surface area contributed by atoms with Crippen molar-refractivity contribution in [1.29, 1.82) is 0 Å². The Balaban J connectivity index is 1.89. The number of unbranched alkanes of at least 4 members (excludes halogenated alkanes) is 9. The van der Waals surface area contributed by atoms with E-state index in [9.17, 15) is 45.3 Å². The summed E-state index contributed by atoms with van der Waals surface area (Å²) < 4.78 is 33.3. The van der Waals surface area contributed by atoms with Gasteiger partial charge >= 0.3 is 11.9 Å². The van der Waals surface area contributed by atoms with Gasteiger partial charge in [-0.2, -0.15) is 0 Å². The molecule has 0 radical (unpaired) electrons. The van der Waals surface area contributed by atoms with Crippen LogP contribution in [0.2, 0.25) is 0 Å². The minimum atomic E-state index is -1.77. The number of ether oxygens (including phenoxy) is 6. The van der Waals surface area contributed by atoms with Crippen molar-refractivity contribution in [2.24, 2.45) is 0 Å². The van der Waals surface area contributed by atoms with Gasteiger partial charge in [-0.05, 0) is 51.4 Å². The second kappa shape index (κ2) is 32.2. The van der Waals surface area contributed by atoms with Gasteiger partial charge in [0.2, 0.25) is 0 Å². The summed E-state index contributed by atoms with van der Waals surface area (Å²) in [4.78, 5) is 25.5. The van der Waals surface area contributed by atoms with Gasteiger partial charge in [-0.3, -0.25) is 9.59 Å². The van der Waals surface area contributed by atoms with Gasteiger partial charge in [-0.1, -0.05) is 107 Å². The van der Waals surface area contributed by atoms with Crippen molar-refractivity contribution in [1.82, 2.24) is 0 Å². The fourth-order valence-electron chi connectivity index (χ4n) is 6.44. The van der Waals surface area contributed by atoms with Gasteiger partial charge in [0.15, 0.2) is 18.7 Å². The Labute approximate surface area is 350 Å². The number of carbonyl (C=O) groups excluding carboxylic acids is 2. The highest BCUT2D eigenvalue weighted by atomic mass is 16.7. The zero-order chi connectivity index (χ0) is 43.3. The van der Waals surface area contributed by atoms with E-state index in [1.807, 2.05) is 0 Å². The van der Waals surface area contributed by atoms with Gasteiger partial charge in [0.1, 0.15) is 55.4 Å². The molecule has 7 N–H and O–H groups in total. The first kappa shape index (κ1) is 52.6. The fourth-order valence-corrected chi connectivity index (χ4v) is 6.44. The quantitative estimate of drug-likeness (QED) is 0.0297. The van der Waals surface area contributed by atoms with Crippen molar-refractivity contribution < 1.29 is 73.8 Å². The van der Waals surface area contributed by atoms with E-state index in [-0.39, 0.29) is 19.4 Å². The van der Waals surface area contributed by atoms with Crippen LogP contribution < -0.4 is 0 Å². The zero-order valence-corrected chi connectivity index (χ0v) is 35.2. The van der Waals surface area contributed by atoms with E-state index in [2.05, 4.69) is 62.5 Å². The van der Waals surface area contributed by atoms with Crippen molar-refractivity contribution in [2.75, 3.05) is 26.4 Å². The van der Waals surface area contributed by atoms with E-state index in [0.29, 0.717) is 12.8 Å². The highest BCUT2D eigenvalue weighted by Crippen LogP contribution is 2.26. The van der Waals surface area contributed by atoms with Gasteiger partial charge in [-0.25, -0.2) is 0 Å². The van der Waals surface area contributed by atoms with Gasteiger partial charge in [0, 0.05) is 12.8 Å². The predicted octanol–water partition coefficient (Wildman–Crippen LogP) is 3.98. The van der Waals surface area contributed by atoms with Crippen LogP contribution in [0.4, 0.5) is 0 Å². The van der Waals surface area contributed by atoms with Crippen molar-refractivity contribution in [3.05, 3.63) is 48.6 Å². The minimum absolute atomic E-state index is 0.112. The molecule has 2 heterocycles. The molecule has 0 amide bonds. The smallest absolute Gasteiger partial charge is 0.306 e. The largest absolute Gasteiger partial charge is 0.462 e. The van der Waals surface area contributed by atoms with Crippen LogP contribution in [0.5, 0.6) is 0 Å². The molecule has 340 valence electrons. The third-order valence-corrected chi connectivity index (χ3v) is 10.1. The van der Waals surface area contributed by atoms with Crippen molar-refractivity contribution in [3.8, 4) is 0 Å². The Morgan fingerprint density at radius 3 is 1.68 bits per heavy atom. The van der Waals surface area contributed by atoms with E-state index in [0.717, 1.165) is 57.8 Å². The van der Waals surface area contributed by atoms with Gasteiger partial charge in [-0.15, -0.1) is 0 Å². The van der Waals surface area contributed by atoms with Crippen molar-refractivity contribution in [2.45, 2.75) is 191 Å². The maximum Gasteiger partial charge on any atom is 0.306 e. The topological polar surface area (TPSA) is 231 Å². The molecule has 2 fully saturated rings. The molecular weight excluding hydrogens is 768 g/mol. The summed E-state index contributed by atoms with van der Waals surface area (Å²) in [6, 6.07) is 0. The van der Waals surface area contributed by atoms with E-state index in [1.54, 1.807) is 0 Å². The van der Waals surface area contributed by atoms with Crippen LogP contribution in [0.1, 0.15) is 123 Å². The third-order valence-electron chi connectivity index (χ3n) is 10.1. The van der Waals surface area contributed by atoms with Crippen LogP contribution in [0.25, 0.3) is 0 Å². The fraction of sp³-hybridized carbons (Fsp3) is 0.773. The number of aliphatic hydroxyl groups is 7. The Bertz CT molecular complexity index is 1220. The Morgan fingerprint density at radius 2 is 1.07 bits per heavy atom. The average Bonchev–Trinajstić information content (AvgIpc) is 3.23. The van der Waals surface area contributed by atoms with E-state index < -0.39 is 99.3 Å². The number of carbonyl (C=O) groups is 2. The van der Waals surface area contributed by atoms with Crippen molar-refractivity contribution in [3.63, 3.8) is 0 Å². The van der Waals surface area contributed by atoms with Crippen molar-refractivity contribution >= 4 is 11.9 Å². The summed E-state index contributed by atoms with van der Waals surface area (Å²) >= 11 is 0.